The molecule has 11 heteroatoms. The zero-order valence-electron chi connectivity index (χ0n) is 37.6. The molecule has 0 fully saturated rings. The monoisotopic (exact) mass is 796 g/mol. The number of fused-ring (bicyclic) bond motifs is 6. The standard InChI is InChI=1S/C52H41B9O2/c53-44-41-39(29-10-4-5-11-30(29)40(42(41)45(54)49(58)48(44)57)43-46(55)50(59)52(61)51(60)47(43)56)32-13-7-15-35-38(32)31-21-20-27(22-37(31)63-35)28-12-6-14-34-33(28)23-36(62-34)26-18-16-25(17-19-26)24-8-2-1-3-9-24/h1-23H,53-61H2. The maximum Gasteiger partial charge on any atom is 0.139 e. The van der Waals surface area contributed by atoms with Gasteiger partial charge in [0, 0.05) is 21.7 Å². The number of rotatable bonds is 5. The lowest BCUT2D eigenvalue weighted by Crippen LogP contribution is -2.55. The molecule has 0 unspecified atom stereocenters. The van der Waals surface area contributed by atoms with Crippen LogP contribution in [0.5, 0.6) is 0 Å². The first-order valence-electron chi connectivity index (χ1n) is 22.2. The molecule has 0 N–H and O–H groups in total. The third-order valence-corrected chi connectivity index (χ3v) is 14.8. The van der Waals surface area contributed by atoms with Gasteiger partial charge in [0.1, 0.15) is 93.1 Å². The summed E-state index contributed by atoms with van der Waals surface area (Å²) >= 11 is 0. The molecule has 0 atom stereocenters. The van der Waals surface area contributed by atoms with Gasteiger partial charge in [-0.3, -0.25) is 0 Å². The van der Waals surface area contributed by atoms with Gasteiger partial charge in [0.25, 0.3) is 0 Å². The van der Waals surface area contributed by atoms with Crippen LogP contribution in [0.4, 0.5) is 0 Å². The Bertz CT molecular complexity index is 3690. The minimum Gasteiger partial charge on any atom is -0.456 e. The van der Waals surface area contributed by atoms with Crippen LogP contribution in [-0.2, 0) is 0 Å². The van der Waals surface area contributed by atoms with E-state index in [1.807, 2.05) is 6.07 Å². The van der Waals surface area contributed by atoms with Crippen molar-refractivity contribution in [3.63, 3.8) is 0 Å². The molecule has 2 heterocycles. The van der Waals surface area contributed by atoms with E-state index in [1.54, 1.807) is 0 Å². The van der Waals surface area contributed by atoms with Crippen molar-refractivity contribution in [2.24, 2.45) is 0 Å². The summed E-state index contributed by atoms with van der Waals surface area (Å²) in [5.41, 5.74) is 25.7. The molecular formula is C52H41B9O2. The first-order chi connectivity index (χ1) is 30.5. The second-order valence-electron chi connectivity index (χ2n) is 17.8. The van der Waals surface area contributed by atoms with Crippen molar-refractivity contribution in [2.45, 2.75) is 0 Å². The van der Waals surface area contributed by atoms with Crippen molar-refractivity contribution in [2.75, 3.05) is 0 Å². The number of benzene rings is 9. The molecule has 0 aliphatic rings. The van der Waals surface area contributed by atoms with Crippen LogP contribution in [0.25, 0.3) is 110 Å². The van der Waals surface area contributed by atoms with Crippen molar-refractivity contribution in [3.8, 4) is 55.8 Å². The van der Waals surface area contributed by atoms with Crippen LogP contribution in [-0.4, -0.2) is 70.6 Å². The third kappa shape index (κ3) is 5.92. The second kappa shape index (κ2) is 14.8. The highest BCUT2D eigenvalue weighted by Crippen LogP contribution is 2.46. The van der Waals surface area contributed by atoms with Crippen LogP contribution in [0.2, 0.25) is 0 Å². The van der Waals surface area contributed by atoms with Gasteiger partial charge in [0.05, 0.1) is 0 Å². The predicted molar refractivity (Wildman–Crippen MR) is 299 cm³/mol. The average Bonchev–Trinajstić information content (AvgIpc) is 3.93. The Morgan fingerprint density at radius 3 is 1.48 bits per heavy atom. The molecule has 0 amide bonds. The van der Waals surface area contributed by atoms with E-state index < -0.39 is 0 Å². The van der Waals surface area contributed by atoms with E-state index in [-0.39, 0.29) is 0 Å². The van der Waals surface area contributed by atoms with E-state index in [4.69, 9.17) is 8.83 Å². The molecule has 0 aliphatic carbocycles. The van der Waals surface area contributed by atoms with Gasteiger partial charge in [-0.15, -0.1) is 27.3 Å². The van der Waals surface area contributed by atoms with E-state index in [0.717, 1.165) is 55.4 Å². The summed E-state index contributed by atoms with van der Waals surface area (Å²) in [5.74, 6) is 0.853. The van der Waals surface area contributed by atoms with Crippen molar-refractivity contribution in [1.82, 2.24) is 0 Å². The second-order valence-corrected chi connectivity index (χ2v) is 17.8. The molecule has 0 radical (unpaired) electrons. The minimum atomic E-state index is 0.853. The summed E-state index contributed by atoms with van der Waals surface area (Å²) in [6.45, 7) is 0. The Kier molecular flexibility index (Phi) is 9.21. The summed E-state index contributed by atoms with van der Waals surface area (Å²) in [5, 5.41) is 8.56. The van der Waals surface area contributed by atoms with Gasteiger partial charge in [0.2, 0.25) is 0 Å². The Hall–Kier alpha value is -6.58. The van der Waals surface area contributed by atoms with E-state index in [1.165, 1.54) is 104 Å². The van der Waals surface area contributed by atoms with Crippen LogP contribution < -0.4 is 49.2 Å². The first-order valence-corrected chi connectivity index (χ1v) is 22.2. The fourth-order valence-corrected chi connectivity index (χ4v) is 10.7. The average molecular weight is 795 g/mol. The van der Waals surface area contributed by atoms with Crippen molar-refractivity contribution < 1.29 is 8.83 Å². The van der Waals surface area contributed by atoms with Gasteiger partial charge in [-0.1, -0.05) is 131 Å². The lowest BCUT2D eigenvalue weighted by Gasteiger charge is -2.28. The maximum absolute atomic E-state index is 6.87. The minimum absolute atomic E-state index is 0.853. The SMILES string of the molecule is Bc1c(B)c(B)c(-c2c3ccccc3c(-c3cccc4oc5cc(-c6cccc7oc(-c8ccc(-c9ccccc9)cc8)cc67)ccc5c34)c3c(B)c(B)c(B)c(B)c23)c(B)c1B. The number of hydrogen-bond acceptors (Lipinski definition) is 2. The lowest BCUT2D eigenvalue weighted by atomic mass is 9.58. The molecule has 11 rings (SSSR count). The number of furan rings is 2. The van der Waals surface area contributed by atoms with Gasteiger partial charge in [-0.05, 0) is 96.4 Å². The van der Waals surface area contributed by atoms with Crippen LogP contribution in [0.1, 0.15) is 0 Å². The lowest BCUT2D eigenvalue weighted by molar-refractivity contribution is 0.631. The summed E-state index contributed by atoms with van der Waals surface area (Å²) in [4.78, 5) is 0. The molecule has 2 nitrogen and oxygen atoms in total. The van der Waals surface area contributed by atoms with Crippen molar-refractivity contribution in [1.29, 1.82) is 0 Å². The van der Waals surface area contributed by atoms with Gasteiger partial charge in [-0.2, -0.15) is 0 Å². The zero-order chi connectivity index (χ0) is 43.4. The topological polar surface area (TPSA) is 26.3 Å². The van der Waals surface area contributed by atoms with E-state index in [2.05, 4.69) is 204 Å². The molecule has 0 bridgehead atoms. The van der Waals surface area contributed by atoms with Crippen LogP contribution in [0.3, 0.4) is 0 Å². The Labute approximate surface area is 376 Å². The highest BCUT2D eigenvalue weighted by atomic mass is 16.3. The van der Waals surface area contributed by atoms with Crippen molar-refractivity contribution in [3.05, 3.63) is 140 Å². The fraction of sp³-hybridized carbons (Fsp3) is 0. The molecule has 0 spiro atoms. The highest BCUT2D eigenvalue weighted by Gasteiger charge is 2.26. The molecule has 9 aromatic carbocycles. The molecule has 11 aromatic rings. The maximum atomic E-state index is 6.87. The van der Waals surface area contributed by atoms with Gasteiger partial charge < -0.3 is 8.83 Å². The van der Waals surface area contributed by atoms with Crippen LogP contribution in [0.15, 0.2) is 148 Å². The molecule has 0 saturated carbocycles. The Morgan fingerprint density at radius 1 is 0.270 bits per heavy atom. The molecule has 2 aromatic heterocycles. The summed E-state index contributed by atoms with van der Waals surface area (Å²) in [6.07, 6.45) is 0. The smallest absolute Gasteiger partial charge is 0.139 e. The van der Waals surface area contributed by atoms with Gasteiger partial charge in [-0.25, -0.2) is 0 Å². The summed E-state index contributed by atoms with van der Waals surface area (Å²) < 4.78 is 13.4. The van der Waals surface area contributed by atoms with Crippen LogP contribution >= 0.6 is 0 Å². The van der Waals surface area contributed by atoms with Crippen LogP contribution in [0, 0.1) is 0 Å². The molecule has 0 saturated heterocycles. The van der Waals surface area contributed by atoms with E-state index >= 15 is 0 Å². The highest BCUT2D eigenvalue weighted by molar-refractivity contribution is 6.71. The summed E-state index contributed by atoms with van der Waals surface area (Å²) in [6, 6.07) is 50.1. The largest absolute Gasteiger partial charge is 0.456 e. The predicted octanol–water partition coefficient (Wildman–Crippen LogP) is -0.701. The first kappa shape index (κ1) is 39.3. The zero-order valence-corrected chi connectivity index (χ0v) is 37.6. The summed E-state index contributed by atoms with van der Waals surface area (Å²) in [7, 11) is 20.8. The molecule has 63 heavy (non-hydrogen) atoms. The normalized spacial score (nSPS) is 11.7. The molecular weight excluding hydrogens is 754 g/mol. The number of hydrogen-bond donors (Lipinski definition) is 0. The Morgan fingerprint density at radius 2 is 0.794 bits per heavy atom. The van der Waals surface area contributed by atoms with Gasteiger partial charge in [0.15, 0.2) is 0 Å². The third-order valence-electron chi connectivity index (χ3n) is 14.8. The van der Waals surface area contributed by atoms with Gasteiger partial charge >= 0.3 is 0 Å². The Balaban J connectivity index is 1.12. The quantitative estimate of drug-likeness (QED) is 0.171. The molecule has 0 aliphatic heterocycles. The molecule has 288 valence electrons. The van der Waals surface area contributed by atoms with Crippen molar-refractivity contribution >= 4 is 174 Å². The van der Waals surface area contributed by atoms with E-state index in [9.17, 15) is 0 Å². The fourth-order valence-electron chi connectivity index (χ4n) is 10.7. The van der Waals surface area contributed by atoms with E-state index in [0.29, 0.717) is 0 Å².